The first-order valence-corrected chi connectivity index (χ1v) is 6.99. The van der Waals surface area contributed by atoms with Crippen LogP contribution in [0.4, 0.5) is 0 Å². The summed E-state index contributed by atoms with van der Waals surface area (Å²) in [6.45, 7) is 3.84. The number of aromatic nitrogens is 2. The summed E-state index contributed by atoms with van der Waals surface area (Å²) in [7, 11) is 0. The van der Waals surface area contributed by atoms with Gasteiger partial charge in [-0.1, -0.05) is 35.9 Å². The number of carbonyl (C=O) groups excluding carboxylic acids is 1. The Balaban J connectivity index is 1.79. The molecule has 0 aliphatic heterocycles. The van der Waals surface area contributed by atoms with Crippen LogP contribution in [0.3, 0.4) is 0 Å². The van der Waals surface area contributed by atoms with Crippen molar-refractivity contribution in [1.29, 1.82) is 0 Å². The molecule has 1 amide bonds. The van der Waals surface area contributed by atoms with Gasteiger partial charge in [-0.3, -0.25) is 9.20 Å². The summed E-state index contributed by atoms with van der Waals surface area (Å²) in [4.78, 5) is 16.7. The fourth-order valence-electron chi connectivity index (χ4n) is 2.26. The molecular weight excluding hydrogens is 276 g/mol. The number of pyridine rings is 1. The summed E-state index contributed by atoms with van der Waals surface area (Å²) < 4.78 is 1.76. The number of rotatable bonds is 3. The van der Waals surface area contributed by atoms with Gasteiger partial charge in [-0.2, -0.15) is 5.10 Å². The van der Waals surface area contributed by atoms with Crippen molar-refractivity contribution in [1.82, 2.24) is 14.8 Å². The maximum atomic E-state index is 12.3. The van der Waals surface area contributed by atoms with Gasteiger partial charge in [0.25, 0.3) is 5.91 Å². The van der Waals surface area contributed by atoms with E-state index < -0.39 is 0 Å². The molecule has 0 bridgehead atoms. The smallest absolute Gasteiger partial charge is 0.290 e. The number of fused-ring (bicyclic) bond motifs is 1. The number of benzene rings is 1. The SMILES string of the molecule is Cc1ccc(C=NNC(=O)c2c(C)nc3ccccn23)cc1. The number of nitrogens with zero attached hydrogens (tertiary/aromatic N) is 3. The molecule has 0 unspecified atom stereocenters. The van der Waals surface area contributed by atoms with Crippen molar-refractivity contribution in [3.8, 4) is 0 Å². The van der Waals surface area contributed by atoms with Crippen molar-refractivity contribution >= 4 is 17.8 Å². The molecule has 2 aromatic heterocycles. The van der Waals surface area contributed by atoms with Gasteiger partial charge in [0.05, 0.1) is 11.9 Å². The summed E-state index contributed by atoms with van der Waals surface area (Å²) in [5.74, 6) is -0.278. The Bertz CT molecular complexity index is 847. The molecule has 0 saturated carbocycles. The van der Waals surface area contributed by atoms with Gasteiger partial charge in [0, 0.05) is 6.20 Å². The number of nitrogens with one attached hydrogen (secondary N) is 1. The van der Waals surface area contributed by atoms with Gasteiger partial charge in [0.15, 0.2) is 0 Å². The predicted molar refractivity (Wildman–Crippen MR) is 86.2 cm³/mol. The van der Waals surface area contributed by atoms with E-state index in [9.17, 15) is 4.79 Å². The molecule has 0 spiro atoms. The zero-order valence-corrected chi connectivity index (χ0v) is 12.4. The highest BCUT2D eigenvalue weighted by Crippen LogP contribution is 2.11. The molecule has 0 aliphatic rings. The number of amides is 1. The first-order valence-electron chi connectivity index (χ1n) is 6.99. The highest BCUT2D eigenvalue weighted by molar-refractivity contribution is 5.95. The van der Waals surface area contributed by atoms with E-state index in [1.165, 1.54) is 5.56 Å². The number of carbonyl (C=O) groups is 1. The molecule has 3 aromatic rings. The van der Waals surface area contributed by atoms with Gasteiger partial charge >= 0.3 is 0 Å². The van der Waals surface area contributed by atoms with Crippen LogP contribution in [0.15, 0.2) is 53.8 Å². The molecule has 0 aliphatic carbocycles. The van der Waals surface area contributed by atoms with E-state index >= 15 is 0 Å². The van der Waals surface area contributed by atoms with Gasteiger partial charge in [-0.25, -0.2) is 10.4 Å². The number of hydrazone groups is 1. The third kappa shape index (κ3) is 2.74. The zero-order chi connectivity index (χ0) is 15.5. The maximum Gasteiger partial charge on any atom is 0.290 e. The summed E-state index contributed by atoms with van der Waals surface area (Å²) in [6.07, 6.45) is 3.43. The predicted octanol–water partition coefficient (Wildman–Crippen LogP) is 2.72. The number of imidazole rings is 1. The molecule has 0 atom stereocenters. The van der Waals surface area contributed by atoms with Crippen LogP contribution in [0.5, 0.6) is 0 Å². The standard InChI is InChI=1S/C17H16N4O/c1-12-6-8-14(9-7-12)11-18-20-17(22)16-13(2)19-15-5-3-4-10-21(15)16/h3-11H,1-2H3,(H,20,22). The highest BCUT2D eigenvalue weighted by atomic mass is 16.2. The van der Waals surface area contributed by atoms with Crippen LogP contribution < -0.4 is 5.43 Å². The highest BCUT2D eigenvalue weighted by Gasteiger charge is 2.15. The first kappa shape index (κ1) is 14.0. The Labute approximate surface area is 128 Å². The van der Waals surface area contributed by atoms with Crippen LogP contribution in [0.2, 0.25) is 0 Å². The van der Waals surface area contributed by atoms with Crippen molar-refractivity contribution in [2.45, 2.75) is 13.8 Å². The van der Waals surface area contributed by atoms with Gasteiger partial charge < -0.3 is 0 Å². The third-order valence-corrected chi connectivity index (χ3v) is 3.38. The lowest BCUT2D eigenvalue weighted by Gasteiger charge is -2.01. The van der Waals surface area contributed by atoms with Crippen molar-refractivity contribution in [3.63, 3.8) is 0 Å². The Morgan fingerprint density at radius 2 is 1.95 bits per heavy atom. The molecule has 0 fully saturated rings. The normalized spacial score (nSPS) is 11.2. The third-order valence-electron chi connectivity index (χ3n) is 3.38. The van der Waals surface area contributed by atoms with Crippen molar-refractivity contribution in [2.24, 2.45) is 5.10 Å². The van der Waals surface area contributed by atoms with E-state index in [1.807, 2.05) is 62.5 Å². The van der Waals surface area contributed by atoms with E-state index in [0.717, 1.165) is 11.2 Å². The number of hydrogen-bond donors (Lipinski definition) is 1. The monoisotopic (exact) mass is 292 g/mol. The van der Waals surface area contributed by atoms with Gasteiger partial charge in [0.2, 0.25) is 0 Å². The Hall–Kier alpha value is -2.95. The Kier molecular flexibility index (Phi) is 3.70. The molecule has 3 rings (SSSR count). The topological polar surface area (TPSA) is 58.8 Å². The van der Waals surface area contributed by atoms with Crippen LogP contribution >= 0.6 is 0 Å². The molecular formula is C17H16N4O. The largest absolute Gasteiger partial charge is 0.295 e. The fourth-order valence-corrected chi connectivity index (χ4v) is 2.26. The van der Waals surface area contributed by atoms with E-state index in [-0.39, 0.29) is 5.91 Å². The number of aryl methyl sites for hydroxylation is 2. The summed E-state index contributed by atoms with van der Waals surface area (Å²) in [6, 6.07) is 13.5. The average Bonchev–Trinajstić information content (AvgIpc) is 2.85. The maximum absolute atomic E-state index is 12.3. The second kappa shape index (κ2) is 5.81. The molecule has 1 aromatic carbocycles. The lowest BCUT2D eigenvalue weighted by atomic mass is 10.2. The molecule has 5 heteroatoms. The summed E-state index contributed by atoms with van der Waals surface area (Å²) >= 11 is 0. The Morgan fingerprint density at radius 1 is 1.18 bits per heavy atom. The van der Waals surface area contributed by atoms with E-state index in [2.05, 4.69) is 15.5 Å². The minimum absolute atomic E-state index is 0.278. The lowest BCUT2D eigenvalue weighted by molar-refractivity contribution is 0.0948. The van der Waals surface area contributed by atoms with Gasteiger partial charge in [-0.05, 0) is 31.5 Å². The van der Waals surface area contributed by atoms with Crippen molar-refractivity contribution in [3.05, 3.63) is 71.2 Å². The van der Waals surface area contributed by atoms with Gasteiger partial charge in [-0.15, -0.1) is 0 Å². The molecule has 0 radical (unpaired) electrons. The van der Waals surface area contributed by atoms with E-state index in [0.29, 0.717) is 11.4 Å². The van der Waals surface area contributed by atoms with Crippen LogP contribution in [0.25, 0.3) is 5.65 Å². The van der Waals surface area contributed by atoms with Crippen molar-refractivity contribution < 1.29 is 4.79 Å². The number of hydrogen-bond acceptors (Lipinski definition) is 3. The molecule has 1 N–H and O–H groups in total. The molecule has 22 heavy (non-hydrogen) atoms. The average molecular weight is 292 g/mol. The summed E-state index contributed by atoms with van der Waals surface area (Å²) in [5.41, 5.74) is 6.58. The van der Waals surface area contributed by atoms with Crippen LogP contribution in [-0.4, -0.2) is 21.5 Å². The summed E-state index contributed by atoms with van der Waals surface area (Å²) in [5, 5.41) is 4.01. The van der Waals surface area contributed by atoms with E-state index in [1.54, 1.807) is 10.6 Å². The molecule has 110 valence electrons. The van der Waals surface area contributed by atoms with Crippen LogP contribution in [0.1, 0.15) is 27.3 Å². The van der Waals surface area contributed by atoms with E-state index in [4.69, 9.17) is 0 Å². The van der Waals surface area contributed by atoms with Crippen LogP contribution in [-0.2, 0) is 0 Å². The Morgan fingerprint density at radius 3 is 2.73 bits per heavy atom. The minimum Gasteiger partial charge on any atom is -0.295 e. The van der Waals surface area contributed by atoms with Crippen molar-refractivity contribution in [2.75, 3.05) is 0 Å². The molecule has 5 nitrogen and oxygen atoms in total. The second-order valence-corrected chi connectivity index (χ2v) is 5.08. The first-order chi connectivity index (χ1) is 10.6. The quantitative estimate of drug-likeness (QED) is 0.596. The van der Waals surface area contributed by atoms with Crippen LogP contribution in [0, 0.1) is 13.8 Å². The molecule has 2 heterocycles. The zero-order valence-electron chi connectivity index (χ0n) is 12.4. The molecule has 0 saturated heterocycles. The van der Waals surface area contributed by atoms with Gasteiger partial charge in [0.1, 0.15) is 11.3 Å². The second-order valence-electron chi connectivity index (χ2n) is 5.08. The fraction of sp³-hybridized carbons (Fsp3) is 0.118. The lowest BCUT2D eigenvalue weighted by Crippen LogP contribution is -2.20. The minimum atomic E-state index is -0.278.